The molecule has 4 nitrogen and oxygen atoms in total. The van der Waals surface area contributed by atoms with Crippen molar-refractivity contribution in [3.05, 3.63) is 65.2 Å². The lowest BCUT2D eigenvalue weighted by molar-refractivity contribution is 0.0582. The summed E-state index contributed by atoms with van der Waals surface area (Å²) in [4.78, 5) is 16.4. The minimum Gasteiger partial charge on any atom is -0.399 e. The predicted octanol–water partition coefficient (Wildman–Crippen LogP) is 3.07. The van der Waals surface area contributed by atoms with Gasteiger partial charge in [0.05, 0.1) is 0 Å². The number of rotatable bonds is 3. The molecule has 3 rings (SSSR count). The van der Waals surface area contributed by atoms with Crippen molar-refractivity contribution < 1.29 is 13.6 Å². The number of halogens is 2. The maximum absolute atomic E-state index is 13.4. The van der Waals surface area contributed by atoms with Crippen LogP contribution < -0.4 is 5.73 Å². The van der Waals surface area contributed by atoms with Crippen LogP contribution in [0, 0.1) is 11.6 Å². The van der Waals surface area contributed by atoms with Crippen molar-refractivity contribution in [2.75, 3.05) is 31.9 Å². The summed E-state index contributed by atoms with van der Waals surface area (Å²) in [5, 5.41) is 0. The molecule has 0 aromatic heterocycles. The van der Waals surface area contributed by atoms with Crippen LogP contribution in [0.5, 0.6) is 0 Å². The summed E-state index contributed by atoms with van der Waals surface area (Å²) < 4.78 is 26.8. The molecule has 0 bridgehead atoms. The van der Waals surface area contributed by atoms with Crippen molar-refractivity contribution in [3.8, 4) is 0 Å². The van der Waals surface area contributed by atoms with E-state index in [0.29, 0.717) is 43.0 Å². The third-order valence-corrected chi connectivity index (χ3v) is 4.67. The Morgan fingerprint density at radius 1 is 1.00 bits per heavy atom. The zero-order valence-electron chi connectivity index (χ0n) is 14.1. The lowest BCUT2D eigenvalue weighted by Crippen LogP contribution is -2.49. The van der Waals surface area contributed by atoms with Gasteiger partial charge in [-0.2, -0.15) is 0 Å². The topological polar surface area (TPSA) is 49.6 Å². The van der Waals surface area contributed by atoms with E-state index in [1.165, 1.54) is 12.1 Å². The van der Waals surface area contributed by atoms with Gasteiger partial charge in [0.25, 0.3) is 5.91 Å². The molecule has 1 aliphatic rings. The molecule has 25 heavy (non-hydrogen) atoms. The predicted molar refractivity (Wildman–Crippen MR) is 93.1 cm³/mol. The Morgan fingerprint density at radius 2 is 1.56 bits per heavy atom. The molecule has 132 valence electrons. The number of amides is 1. The molecular formula is C19H21F2N3O. The lowest BCUT2D eigenvalue weighted by Gasteiger charge is -2.38. The van der Waals surface area contributed by atoms with E-state index < -0.39 is 11.6 Å². The molecule has 1 unspecified atom stereocenters. The molecule has 2 aromatic rings. The molecule has 1 amide bonds. The van der Waals surface area contributed by atoms with Crippen molar-refractivity contribution in [1.29, 1.82) is 0 Å². The van der Waals surface area contributed by atoms with Gasteiger partial charge in [-0.05, 0) is 48.9 Å². The number of nitrogens with zero attached hydrogens (tertiary/aromatic N) is 2. The lowest BCUT2D eigenvalue weighted by atomic mass is 10.1. The molecule has 0 aliphatic carbocycles. The number of nitrogen functional groups attached to an aromatic ring is 1. The highest BCUT2D eigenvalue weighted by Crippen LogP contribution is 2.24. The fourth-order valence-electron chi connectivity index (χ4n) is 3.15. The van der Waals surface area contributed by atoms with Crippen LogP contribution in [0.1, 0.15) is 28.9 Å². The summed E-state index contributed by atoms with van der Waals surface area (Å²) in [6, 6.07) is 10.4. The van der Waals surface area contributed by atoms with Crippen LogP contribution in [0.4, 0.5) is 14.5 Å². The van der Waals surface area contributed by atoms with E-state index in [4.69, 9.17) is 5.73 Å². The second-order valence-corrected chi connectivity index (χ2v) is 6.33. The largest absolute Gasteiger partial charge is 0.399 e. The van der Waals surface area contributed by atoms with Gasteiger partial charge in [0, 0.05) is 49.5 Å². The van der Waals surface area contributed by atoms with Crippen LogP contribution in [0.3, 0.4) is 0 Å². The molecular weight excluding hydrogens is 324 g/mol. The van der Waals surface area contributed by atoms with Crippen LogP contribution >= 0.6 is 0 Å². The van der Waals surface area contributed by atoms with Crippen molar-refractivity contribution in [2.24, 2.45) is 0 Å². The number of carbonyl (C=O) groups is 1. The first-order valence-electron chi connectivity index (χ1n) is 8.29. The highest BCUT2D eigenvalue weighted by molar-refractivity contribution is 5.94. The van der Waals surface area contributed by atoms with Gasteiger partial charge in [-0.15, -0.1) is 0 Å². The van der Waals surface area contributed by atoms with E-state index >= 15 is 0 Å². The van der Waals surface area contributed by atoms with Gasteiger partial charge in [-0.25, -0.2) is 8.78 Å². The van der Waals surface area contributed by atoms with E-state index in [9.17, 15) is 13.6 Å². The fraction of sp³-hybridized carbons (Fsp3) is 0.316. The maximum Gasteiger partial charge on any atom is 0.253 e. The summed E-state index contributed by atoms with van der Waals surface area (Å²) in [6.45, 7) is 4.38. The molecule has 1 fully saturated rings. The van der Waals surface area contributed by atoms with Gasteiger partial charge in [-0.3, -0.25) is 9.69 Å². The van der Waals surface area contributed by atoms with Gasteiger partial charge in [0.2, 0.25) is 0 Å². The first-order valence-corrected chi connectivity index (χ1v) is 8.29. The molecule has 1 atom stereocenters. The number of anilines is 1. The first kappa shape index (κ1) is 17.4. The monoisotopic (exact) mass is 345 g/mol. The summed E-state index contributed by atoms with van der Waals surface area (Å²) >= 11 is 0. The van der Waals surface area contributed by atoms with E-state index in [0.717, 1.165) is 6.07 Å². The standard InChI is InChI=1S/C19H21F2N3O/c1-13(15-10-16(20)12-17(21)11-15)23-6-8-24(9-7-23)19(25)14-2-4-18(22)5-3-14/h2-5,10-13H,6-9,22H2,1H3. The minimum atomic E-state index is -0.570. The second-order valence-electron chi connectivity index (χ2n) is 6.33. The second kappa shape index (κ2) is 7.19. The van der Waals surface area contributed by atoms with Gasteiger partial charge < -0.3 is 10.6 Å². The third kappa shape index (κ3) is 3.96. The van der Waals surface area contributed by atoms with Crippen molar-refractivity contribution in [1.82, 2.24) is 9.80 Å². The number of hydrogen-bond acceptors (Lipinski definition) is 3. The number of benzene rings is 2. The summed E-state index contributed by atoms with van der Waals surface area (Å²) in [5.41, 5.74) is 7.49. The summed E-state index contributed by atoms with van der Waals surface area (Å²) in [7, 11) is 0. The Labute approximate surface area is 145 Å². The Bertz CT molecular complexity index is 736. The van der Waals surface area contributed by atoms with Crippen LogP contribution in [0.15, 0.2) is 42.5 Å². The van der Waals surface area contributed by atoms with E-state index in [1.807, 2.05) is 6.92 Å². The quantitative estimate of drug-likeness (QED) is 0.870. The Hall–Kier alpha value is -2.47. The van der Waals surface area contributed by atoms with Crippen LogP contribution in [-0.4, -0.2) is 41.9 Å². The molecule has 0 spiro atoms. The van der Waals surface area contributed by atoms with E-state index in [2.05, 4.69) is 4.90 Å². The zero-order chi connectivity index (χ0) is 18.0. The average Bonchev–Trinajstić information content (AvgIpc) is 2.60. The van der Waals surface area contributed by atoms with Gasteiger partial charge in [0.15, 0.2) is 0 Å². The SMILES string of the molecule is CC(c1cc(F)cc(F)c1)N1CCN(C(=O)c2ccc(N)cc2)CC1. The maximum atomic E-state index is 13.4. The van der Waals surface area contributed by atoms with Crippen molar-refractivity contribution in [3.63, 3.8) is 0 Å². The zero-order valence-corrected chi connectivity index (χ0v) is 14.1. The molecule has 1 heterocycles. The van der Waals surface area contributed by atoms with Gasteiger partial charge in [0.1, 0.15) is 11.6 Å². The first-order chi connectivity index (χ1) is 11.9. The summed E-state index contributed by atoms with van der Waals surface area (Å²) in [5.74, 6) is -1.16. The Kier molecular flexibility index (Phi) is 4.99. The normalized spacial score (nSPS) is 16.7. The number of hydrogen-bond donors (Lipinski definition) is 1. The van der Waals surface area contributed by atoms with Gasteiger partial charge >= 0.3 is 0 Å². The van der Waals surface area contributed by atoms with E-state index in [-0.39, 0.29) is 11.9 Å². The molecule has 1 aliphatic heterocycles. The van der Waals surface area contributed by atoms with Crippen molar-refractivity contribution in [2.45, 2.75) is 13.0 Å². The van der Waals surface area contributed by atoms with Crippen LogP contribution in [0.25, 0.3) is 0 Å². The average molecular weight is 345 g/mol. The minimum absolute atomic E-state index is 0.0240. The molecule has 6 heteroatoms. The molecule has 0 radical (unpaired) electrons. The molecule has 1 saturated heterocycles. The van der Waals surface area contributed by atoms with Crippen LogP contribution in [0.2, 0.25) is 0 Å². The van der Waals surface area contributed by atoms with Crippen molar-refractivity contribution >= 4 is 11.6 Å². The summed E-state index contributed by atoms with van der Waals surface area (Å²) in [6.07, 6.45) is 0. The number of nitrogens with two attached hydrogens (primary N) is 1. The number of carbonyl (C=O) groups excluding carboxylic acids is 1. The van der Waals surface area contributed by atoms with Gasteiger partial charge in [-0.1, -0.05) is 0 Å². The van der Waals surface area contributed by atoms with Crippen LogP contribution in [-0.2, 0) is 0 Å². The van der Waals surface area contributed by atoms with E-state index in [1.54, 1.807) is 29.2 Å². The Balaban J connectivity index is 1.63. The smallest absolute Gasteiger partial charge is 0.253 e. The highest BCUT2D eigenvalue weighted by Gasteiger charge is 2.25. The Morgan fingerprint density at radius 3 is 2.12 bits per heavy atom. The molecule has 0 saturated carbocycles. The molecule has 2 N–H and O–H groups in total. The number of piperazine rings is 1. The fourth-order valence-corrected chi connectivity index (χ4v) is 3.15. The third-order valence-electron chi connectivity index (χ3n) is 4.67. The molecule has 2 aromatic carbocycles. The highest BCUT2D eigenvalue weighted by atomic mass is 19.1.